The molecule has 0 bridgehead atoms. The minimum absolute atomic E-state index is 0.0226. The number of rotatable bonds is 1. The lowest BCUT2D eigenvalue weighted by molar-refractivity contribution is 0.0605. The van der Waals surface area contributed by atoms with Crippen molar-refractivity contribution >= 4 is 5.91 Å². The smallest absolute Gasteiger partial charge is 0.257 e. The average Bonchev–Trinajstić information content (AvgIpc) is 2.58. The molecule has 2 heterocycles. The molecule has 0 aliphatic carbocycles. The van der Waals surface area contributed by atoms with Crippen LogP contribution >= 0.6 is 0 Å². The Kier molecular flexibility index (Phi) is 2.44. The Hall–Kier alpha value is -1.42. The zero-order chi connectivity index (χ0) is 10.9. The second kappa shape index (κ2) is 3.62. The van der Waals surface area contributed by atoms with Crippen molar-refractivity contribution in [3.05, 3.63) is 30.1 Å². The summed E-state index contributed by atoms with van der Waals surface area (Å²) in [6, 6.07) is 3.53. The van der Waals surface area contributed by atoms with Gasteiger partial charge in [-0.2, -0.15) is 0 Å². The van der Waals surface area contributed by atoms with E-state index in [0.29, 0.717) is 18.9 Å². The maximum absolute atomic E-state index is 12.1. The first-order valence-electron chi connectivity index (χ1n) is 4.91. The molecule has 0 spiro atoms. The normalized spacial score (nSPS) is 19.2. The van der Waals surface area contributed by atoms with Gasteiger partial charge >= 0.3 is 0 Å². The van der Waals surface area contributed by atoms with Gasteiger partial charge < -0.3 is 9.64 Å². The van der Waals surface area contributed by atoms with E-state index in [2.05, 4.69) is 4.98 Å². The number of amides is 1. The quantitative estimate of drug-likeness (QED) is 0.695. The Labute approximate surface area is 88.9 Å². The summed E-state index contributed by atoms with van der Waals surface area (Å²) >= 11 is 0. The van der Waals surface area contributed by atoms with Crippen LogP contribution in [0.1, 0.15) is 24.2 Å². The largest absolute Gasteiger partial charge is 0.359 e. The number of nitrogens with zero attached hydrogens (tertiary/aromatic N) is 2. The zero-order valence-corrected chi connectivity index (χ0v) is 8.93. The van der Waals surface area contributed by atoms with E-state index in [9.17, 15) is 4.79 Å². The van der Waals surface area contributed by atoms with Gasteiger partial charge in [-0.3, -0.25) is 9.78 Å². The van der Waals surface area contributed by atoms with Crippen LogP contribution in [0.5, 0.6) is 0 Å². The summed E-state index contributed by atoms with van der Waals surface area (Å²) in [4.78, 5) is 17.7. The second-order valence-corrected chi connectivity index (χ2v) is 4.26. The van der Waals surface area contributed by atoms with Gasteiger partial charge in [-0.25, -0.2) is 0 Å². The number of pyridine rings is 1. The molecular weight excluding hydrogens is 192 g/mol. The molecule has 1 amide bonds. The van der Waals surface area contributed by atoms with Crippen molar-refractivity contribution < 1.29 is 9.53 Å². The van der Waals surface area contributed by atoms with Crippen molar-refractivity contribution in [2.24, 2.45) is 0 Å². The van der Waals surface area contributed by atoms with Crippen LogP contribution in [0.15, 0.2) is 24.5 Å². The van der Waals surface area contributed by atoms with Crippen molar-refractivity contribution in [3.63, 3.8) is 0 Å². The van der Waals surface area contributed by atoms with Gasteiger partial charge in [-0.05, 0) is 26.0 Å². The van der Waals surface area contributed by atoms with E-state index in [1.165, 1.54) is 0 Å². The van der Waals surface area contributed by atoms with Crippen LogP contribution in [-0.4, -0.2) is 34.7 Å². The van der Waals surface area contributed by atoms with Crippen LogP contribution in [0.25, 0.3) is 0 Å². The minimum atomic E-state index is -0.229. The molecule has 4 nitrogen and oxygen atoms in total. The average molecular weight is 206 g/mol. The summed E-state index contributed by atoms with van der Waals surface area (Å²) in [5, 5.41) is 0. The van der Waals surface area contributed by atoms with E-state index in [0.717, 1.165) is 0 Å². The number of carbonyl (C=O) groups excluding carboxylic acids is 1. The van der Waals surface area contributed by atoms with E-state index in [-0.39, 0.29) is 11.4 Å². The lowest BCUT2D eigenvalue weighted by atomic mass is 10.1. The van der Waals surface area contributed by atoms with Crippen LogP contribution in [0, 0.1) is 0 Å². The van der Waals surface area contributed by atoms with Crippen molar-refractivity contribution in [1.82, 2.24) is 9.88 Å². The van der Waals surface area contributed by atoms with Crippen molar-refractivity contribution in [2.75, 3.05) is 13.3 Å². The fourth-order valence-electron chi connectivity index (χ4n) is 1.62. The van der Waals surface area contributed by atoms with Gasteiger partial charge in [0.25, 0.3) is 5.91 Å². The lowest BCUT2D eigenvalue weighted by Gasteiger charge is -2.28. The van der Waals surface area contributed by atoms with Crippen molar-refractivity contribution in [1.29, 1.82) is 0 Å². The highest BCUT2D eigenvalue weighted by Crippen LogP contribution is 2.23. The standard InChI is InChI=1S/C11H14N2O2/c1-11(2)7-15-8-13(11)10(14)9-4-3-5-12-6-9/h3-6H,7-8H2,1-2H3. The number of carbonyl (C=O) groups is 1. The van der Waals surface area contributed by atoms with Crippen LogP contribution in [0.2, 0.25) is 0 Å². The van der Waals surface area contributed by atoms with Gasteiger partial charge in [0.1, 0.15) is 6.73 Å². The third-order valence-corrected chi connectivity index (χ3v) is 2.56. The summed E-state index contributed by atoms with van der Waals surface area (Å²) in [5.74, 6) is -0.0226. The maximum Gasteiger partial charge on any atom is 0.257 e. The summed E-state index contributed by atoms with van der Waals surface area (Å²) in [6.07, 6.45) is 3.24. The summed E-state index contributed by atoms with van der Waals surface area (Å²) in [7, 11) is 0. The first-order chi connectivity index (χ1) is 7.11. The molecule has 0 aromatic carbocycles. The molecule has 1 aliphatic rings. The molecule has 2 rings (SSSR count). The predicted molar refractivity (Wildman–Crippen MR) is 55.3 cm³/mol. The number of hydrogen-bond acceptors (Lipinski definition) is 3. The third kappa shape index (κ3) is 1.85. The van der Waals surface area contributed by atoms with Crippen LogP contribution in [0.3, 0.4) is 0 Å². The summed E-state index contributed by atoms with van der Waals surface area (Å²) in [6.45, 7) is 4.93. The highest BCUT2D eigenvalue weighted by molar-refractivity contribution is 5.94. The fraction of sp³-hybridized carbons (Fsp3) is 0.455. The van der Waals surface area contributed by atoms with Gasteiger partial charge in [0, 0.05) is 12.4 Å². The van der Waals surface area contributed by atoms with Gasteiger partial charge in [-0.15, -0.1) is 0 Å². The molecule has 1 aromatic rings. The molecule has 1 aromatic heterocycles. The molecule has 15 heavy (non-hydrogen) atoms. The number of ether oxygens (including phenoxy) is 1. The van der Waals surface area contributed by atoms with Crippen molar-refractivity contribution in [3.8, 4) is 0 Å². The molecule has 0 unspecified atom stereocenters. The Bertz CT molecular complexity index is 362. The zero-order valence-electron chi connectivity index (χ0n) is 8.93. The summed E-state index contributed by atoms with van der Waals surface area (Å²) in [5.41, 5.74) is 0.378. The van der Waals surface area contributed by atoms with Gasteiger partial charge in [0.15, 0.2) is 0 Å². The Morgan fingerprint density at radius 2 is 2.40 bits per heavy atom. The van der Waals surface area contributed by atoms with E-state index in [1.54, 1.807) is 29.4 Å². The van der Waals surface area contributed by atoms with Crippen molar-refractivity contribution in [2.45, 2.75) is 19.4 Å². The van der Waals surface area contributed by atoms with Crippen LogP contribution in [-0.2, 0) is 4.74 Å². The number of aromatic nitrogens is 1. The molecule has 4 heteroatoms. The molecule has 0 N–H and O–H groups in total. The highest BCUT2D eigenvalue weighted by atomic mass is 16.5. The maximum atomic E-state index is 12.1. The second-order valence-electron chi connectivity index (χ2n) is 4.26. The molecule has 0 atom stereocenters. The highest BCUT2D eigenvalue weighted by Gasteiger charge is 2.36. The van der Waals surface area contributed by atoms with E-state index in [1.807, 2.05) is 13.8 Å². The Balaban J connectivity index is 2.22. The summed E-state index contributed by atoms with van der Waals surface area (Å²) < 4.78 is 5.30. The van der Waals surface area contributed by atoms with E-state index < -0.39 is 0 Å². The third-order valence-electron chi connectivity index (χ3n) is 2.56. The first-order valence-corrected chi connectivity index (χ1v) is 4.91. The van der Waals surface area contributed by atoms with Gasteiger partial charge in [0.05, 0.1) is 17.7 Å². The molecule has 1 saturated heterocycles. The molecule has 0 radical (unpaired) electrons. The number of hydrogen-bond donors (Lipinski definition) is 0. The molecule has 1 fully saturated rings. The van der Waals surface area contributed by atoms with Gasteiger partial charge in [-0.1, -0.05) is 0 Å². The van der Waals surface area contributed by atoms with E-state index >= 15 is 0 Å². The van der Waals surface area contributed by atoms with Crippen LogP contribution < -0.4 is 0 Å². The molecule has 0 saturated carbocycles. The fourth-order valence-corrected chi connectivity index (χ4v) is 1.62. The first kappa shape index (κ1) is 10.1. The molecule has 80 valence electrons. The van der Waals surface area contributed by atoms with Gasteiger partial charge in [0.2, 0.25) is 0 Å². The SMILES string of the molecule is CC1(C)COCN1C(=O)c1cccnc1. The monoisotopic (exact) mass is 206 g/mol. The van der Waals surface area contributed by atoms with E-state index in [4.69, 9.17) is 4.74 Å². The van der Waals surface area contributed by atoms with Crippen LogP contribution in [0.4, 0.5) is 0 Å². The lowest BCUT2D eigenvalue weighted by Crippen LogP contribution is -2.44. The molecular formula is C11H14N2O2. The topological polar surface area (TPSA) is 42.4 Å². The Morgan fingerprint density at radius 3 is 2.93 bits per heavy atom. The minimum Gasteiger partial charge on any atom is -0.359 e. The Morgan fingerprint density at radius 1 is 1.60 bits per heavy atom. The predicted octanol–water partition coefficient (Wildman–Crippen LogP) is 1.29. The molecule has 1 aliphatic heterocycles.